The summed E-state index contributed by atoms with van der Waals surface area (Å²) in [6, 6.07) is 0. The van der Waals surface area contributed by atoms with E-state index in [0.29, 0.717) is 13.1 Å². The fraction of sp³-hybridized carbons (Fsp3) is 0.810. The zero-order chi connectivity index (χ0) is 24.7. The van der Waals surface area contributed by atoms with E-state index in [0.717, 1.165) is 24.3 Å². The molecule has 0 aliphatic heterocycles. The van der Waals surface area contributed by atoms with Crippen molar-refractivity contribution in [3.05, 3.63) is 0 Å². The summed E-state index contributed by atoms with van der Waals surface area (Å²) in [6.07, 6.45) is 0.833. The highest BCUT2D eigenvalue weighted by Gasteiger charge is 2.19. The van der Waals surface area contributed by atoms with Gasteiger partial charge in [-0.2, -0.15) is 0 Å². The third-order valence-corrected chi connectivity index (χ3v) is 4.74. The highest BCUT2D eigenvalue weighted by atomic mass is 32.2. The molecule has 8 nitrogen and oxygen atoms in total. The number of alkyl carbamates (subject to hydrolysis) is 1. The van der Waals surface area contributed by atoms with Gasteiger partial charge in [0.2, 0.25) is 0 Å². The van der Waals surface area contributed by atoms with Gasteiger partial charge in [-0.15, -0.1) is 0 Å². The van der Waals surface area contributed by atoms with Crippen molar-refractivity contribution in [3.63, 3.8) is 0 Å². The number of nitrogens with zero attached hydrogens (tertiary/aromatic N) is 1. The molecular formula is C21H40N2O6S2. The molecule has 0 rings (SSSR count). The van der Waals surface area contributed by atoms with Gasteiger partial charge in [0.25, 0.3) is 0 Å². The number of thioether (sulfide) groups is 2. The molecule has 0 aromatic heterocycles. The van der Waals surface area contributed by atoms with Crippen molar-refractivity contribution in [2.75, 3.05) is 31.6 Å². The summed E-state index contributed by atoms with van der Waals surface area (Å²) in [7, 11) is 1.70. The van der Waals surface area contributed by atoms with E-state index in [1.165, 1.54) is 35.3 Å². The number of carbonyl (C=O) groups excluding carboxylic acids is 4. The molecule has 0 aliphatic carbocycles. The van der Waals surface area contributed by atoms with Crippen molar-refractivity contribution < 1.29 is 28.7 Å². The Balaban J connectivity index is 0. The largest absolute Gasteiger partial charge is 0.444 e. The molecule has 31 heavy (non-hydrogen) atoms. The van der Waals surface area contributed by atoms with Crippen LogP contribution in [0.25, 0.3) is 0 Å². The molecule has 0 atom stereocenters. The molecule has 2 amide bonds. The van der Waals surface area contributed by atoms with Crippen LogP contribution in [0.5, 0.6) is 0 Å². The van der Waals surface area contributed by atoms with Gasteiger partial charge in [-0.3, -0.25) is 9.59 Å². The second-order valence-corrected chi connectivity index (χ2v) is 11.3. The van der Waals surface area contributed by atoms with Crippen LogP contribution in [0, 0.1) is 0 Å². The van der Waals surface area contributed by atoms with E-state index >= 15 is 0 Å². The maximum atomic E-state index is 11.5. The van der Waals surface area contributed by atoms with Gasteiger partial charge >= 0.3 is 12.2 Å². The lowest BCUT2D eigenvalue weighted by Crippen LogP contribution is -2.34. The molecule has 1 N–H and O–H groups in total. The molecule has 0 saturated carbocycles. The van der Waals surface area contributed by atoms with E-state index in [1.54, 1.807) is 14.0 Å². The third-order valence-electron chi connectivity index (χ3n) is 2.94. The zero-order valence-corrected chi connectivity index (χ0v) is 22.1. The Kier molecular flexibility index (Phi) is 16.6. The summed E-state index contributed by atoms with van der Waals surface area (Å²) < 4.78 is 10.2. The lowest BCUT2D eigenvalue weighted by molar-refractivity contribution is -0.109. The van der Waals surface area contributed by atoms with E-state index in [2.05, 4.69) is 5.32 Å². The molecule has 0 aromatic carbocycles. The van der Waals surface area contributed by atoms with Crippen LogP contribution in [0.3, 0.4) is 0 Å². The maximum absolute atomic E-state index is 11.5. The Morgan fingerprint density at radius 1 is 0.806 bits per heavy atom. The van der Waals surface area contributed by atoms with E-state index < -0.39 is 17.3 Å². The first-order chi connectivity index (χ1) is 14.0. The summed E-state index contributed by atoms with van der Waals surface area (Å²) in [5.74, 6) is 1.47. The summed E-state index contributed by atoms with van der Waals surface area (Å²) in [5.41, 5.74) is -0.919. The van der Waals surface area contributed by atoms with Crippen LogP contribution in [0.4, 0.5) is 9.59 Å². The predicted octanol–water partition coefficient (Wildman–Crippen LogP) is 4.70. The topological polar surface area (TPSA) is 102 Å². The van der Waals surface area contributed by atoms with E-state index in [-0.39, 0.29) is 16.3 Å². The van der Waals surface area contributed by atoms with Gasteiger partial charge in [0.1, 0.15) is 11.2 Å². The predicted molar refractivity (Wildman–Crippen MR) is 129 cm³/mol. The molecule has 0 aliphatic rings. The summed E-state index contributed by atoms with van der Waals surface area (Å²) in [4.78, 5) is 45.4. The summed E-state index contributed by atoms with van der Waals surface area (Å²) >= 11 is 2.55. The number of hydrogen-bond acceptors (Lipinski definition) is 8. The molecule has 0 fully saturated rings. The van der Waals surface area contributed by atoms with Crippen LogP contribution in [0.15, 0.2) is 0 Å². The minimum absolute atomic E-state index is 0.104. The van der Waals surface area contributed by atoms with Crippen LogP contribution in [-0.4, -0.2) is 70.2 Å². The monoisotopic (exact) mass is 480 g/mol. The quantitative estimate of drug-likeness (QED) is 0.499. The Bertz CT molecular complexity index is 571. The number of nitrogens with one attached hydrogen (secondary N) is 1. The highest BCUT2D eigenvalue weighted by Crippen LogP contribution is 2.10. The molecule has 0 heterocycles. The van der Waals surface area contributed by atoms with Crippen LogP contribution < -0.4 is 5.32 Å². The first-order valence-corrected chi connectivity index (χ1v) is 12.2. The van der Waals surface area contributed by atoms with Crippen molar-refractivity contribution in [2.24, 2.45) is 0 Å². The lowest BCUT2D eigenvalue weighted by Gasteiger charge is -2.24. The van der Waals surface area contributed by atoms with Gasteiger partial charge in [0.05, 0.1) is 0 Å². The highest BCUT2D eigenvalue weighted by molar-refractivity contribution is 8.13. The smallest absolute Gasteiger partial charge is 0.410 e. The molecule has 182 valence electrons. The fourth-order valence-corrected chi connectivity index (χ4v) is 2.88. The molecular weight excluding hydrogens is 440 g/mol. The number of carbonyl (C=O) groups is 4. The Morgan fingerprint density at radius 3 is 1.68 bits per heavy atom. The van der Waals surface area contributed by atoms with Crippen molar-refractivity contribution in [1.29, 1.82) is 0 Å². The standard InChI is InChI=1S/C11H21NO3S.C10H19NO3S/c1-9(13)16-8-6-7-12(5)10(14)15-11(2,3)4;1-8(12)15-7-5-6-11-9(13)14-10(2,3)4/h6-8H2,1-5H3;5-7H2,1-4H3,(H,11,13). The molecule has 0 radical (unpaired) electrons. The van der Waals surface area contributed by atoms with Crippen molar-refractivity contribution in [2.45, 2.75) is 79.4 Å². The van der Waals surface area contributed by atoms with E-state index in [9.17, 15) is 19.2 Å². The molecule has 0 saturated heterocycles. The van der Waals surface area contributed by atoms with Gasteiger partial charge in [0.15, 0.2) is 10.2 Å². The van der Waals surface area contributed by atoms with Gasteiger partial charge in [-0.1, -0.05) is 23.5 Å². The van der Waals surface area contributed by atoms with Gasteiger partial charge in [-0.25, -0.2) is 9.59 Å². The van der Waals surface area contributed by atoms with Crippen molar-refractivity contribution in [1.82, 2.24) is 10.2 Å². The molecule has 10 heteroatoms. The number of amides is 2. The Morgan fingerprint density at radius 2 is 1.26 bits per heavy atom. The van der Waals surface area contributed by atoms with Gasteiger partial charge < -0.3 is 19.7 Å². The normalized spacial score (nSPS) is 11.0. The van der Waals surface area contributed by atoms with E-state index in [1.807, 2.05) is 41.5 Å². The minimum Gasteiger partial charge on any atom is -0.444 e. The summed E-state index contributed by atoms with van der Waals surface area (Å²) in [6.45, 7) is 15.2. The molecule has 0 bridgehead atoms. The number of ether oxygens (including phenoxy) is 2. The van der Waals surface area contributed by atoms with E-state index in [4.69, 9.17) is 9.47 Å². The molecule has 0 spiro atoms. The SMILES string of the molecule is CC(=O)SCCCN(C)C(=O)OC(C)(C)C.CC(=O)SCCCNC(=O)OC(C)(C)C. The van der Waals surface area contributed by atoms with Gasteiger partial charge in [-0.05, 0) is 54.4 Å². The van der Waals surface area contributed by atoms with Crippen LogP contribution in [0.2, 0.25) is 0 Å². The first-order valence-electron chi connectivity index (χ1n) is 10.2. The summed E-state index contributed by atoms with van der Waals surface area (Å²) in [5, 5.41) is 2.84. The van der Waals surface area contributed by atoms with Crippen molar-refractivity contribution in [3.8, 4) is 0 Å². The second-order valence-electron chi connectivity index (χ2n) is 8.72. The second kappa shape index (κ2) is 16.2. The van der Waals surface area contributed by atoms with Crippen LogP contribution >= 0.6 is 23.5 Å². The third kappa shape index (κ3) is 26.5. The van der Waals surface area contributed by atoms with Crippen molar-refractivity contribution >= 4 is 45.9 Å². The average molecular weight is 481 g/mol. The molecule has 0 aromatic rings. The molecule has 0 unspecified atom stereocenters. The average Bonchev–Trinajstić information content (AvgIpc) is 2.55. The van der Waals surface area contributed by atoms with Crippen LogP contribution in [-0.2, 0) is 19.1 Å². The number of hydrogen-bond donors (Lipinski definition) is 1. The number of rotatable bonds is 8. The Hall–Kier alpha value is -1.42. The van der Waals surface area contributed by atoms with Crippen LogP contribution in [0.1, 0.15) is 68.2 Å². The lowest BCUT2D eigenvalue weighted by atomic mass is 10.2. The first kappa shape index (κ1) is 31.8. The maximum Gasteiger partial charge on any atom is 0.410 e. The Labute approximate surface area is 195 Å². The fourth-order valence-electron chi connectivity index (χ4n) is 1.74. The minimum atomic E-state index is -0.460. The van der Waals surface area contributed by atoms with Gasteiger partial charge in [0, 0.05) is 45.5 Å². The zero-order valence-electron chi connectivity index (χ0n) is 20.5.